The molecule has 0 nitrogen and oxygen atoms in total. The highest BCUT2D eigenvalue weighted by atomic mass is 35.5. The summed E-state index contributed by atoms with van der Waals surface area (Å²) in [5.74, 6) is 0. The SMILES string of the molecule is Cc1cc(Cl)c(C)c(Cl)c1C. The van der Waals surface area contributed by atoms with Crippen molar-refractivity contribution in [2.45, 2.75) is 20.8 Å². The molecule has 0 aliphatic heterocycles. The molecule has 1 rings (SSSR count). The molecule has 0 amide bonds. The van der Waals surface area contributed by atoms with Crippen LogP contribution in [0.3, 0.4) is 0 Å². The molecular weight excluding hydrogens is 179 g/mol. The summed E-state index contributed by atoms with van der Waals surface area (Å²) in [6.07, 6.45) is 0. The van der Waals surface area contributed by atoms with E-state index in [0.29, 0.717) is 0 Å². The van der Waals surface area contributed by atoms with Crippen LogP contribution in [0.15, 0.2) is 6.07 Å². The van der Waals surface area contributed by atoms with Crippen LogP contribution >= 0.6 is 23.2 Å². The third kappa shape index (κ3) is 1.52. The summed E-state index contributed by atoms with van der Waals surface area (Å²) in [4.78, 5) is 0. The monoisotopic (exact) mass is 188 g/mol. The van der Waals surface area contributed by atoms with E-state index in [1.807, 2.05) is 26.8 Å². The highest BCUT2D eigenvalue weighted by Gasteiger charge is 2.05. The van der Waals surface area contributed by atoms with Gasteiger partial charge >= 0.3 is 0 Å². The molecule has 0 spiro atoms. The van der Waals surface area contributed by atoms with Gasteiger partial charge in [-0.15, -0.1) is 0 Å². The van der Waals surface area contributed by atoms with Gasteiger partial charge in [0.2, 0.25) is 0 Å². The van der Waals surface area contributed by atoms with Gasteiger partial charge in [-0.05, 0) is 43.5 Å². The number of rotatable bonds is 0. The van der Waals surface area contributed by atoms with E-state index in [0.717, 1.165) is 26.7 Å². The minimum atomic E-state index is 0.748. The molecule has 0 bridgehead atoms. The maximum atomic E-state index is 6.00. The van der Waals surface area contributed by atoms with E-state index >= 15 is 0 Å². The molecule has 0 radical (unpaired) electrons. The van der Waals surface area contributed by atoms with Crippen molar-refractivity contribution in [2.24, 2.45) is 0 Å². The summed E-state index contributed by atoms with van der Waals surface area (Å²) in [6.45, 7) is 5.94. The van der Waals surface area contributed by atoms with E-state index in [9.17, 15) is 0 Å². The normalized spacial score (nSPS) is 10.3. The van der Waals surface area contributed by atoms with Gasteiger partial charge in [-0.2, -0.15) is 0 Å². The zero-order valence-corrected chi connectivity index (χ0v) is 8.35. The standard InChI is InChI=1S/C9H10Cl2/c1-5-4-8(10)7(3)9(11)6(5)2/h4H,1-3H3. The van der Waals surface area contributed by atoms with Gasteiger partial charge in [0.15, 0.2) is 0 Å². The molecule has 0 aromatic heterocycles. The molecule has 1 aromatic carbocycles. The first-order valence-electron chi connectivity index (χ1n) is 3.46. The van der Waals surface area contributed by atoms with Crippen LogP contribution < -0.4 is 0 Å². The number of benzene rings is 1. The van der Waals surface area contributed by atoms with Gasteiger partial charge in [-0.25, -0.2) is 0 Å². The van der Waals surface area contributed by atoms with Crippen molar-refractivity contribution in [3.05, 3.63) is 32.8 Å². The quantitative estimate of drug-likeness (QED) is 0.580. The van der Waals surface area contributed by atoms with Gasteiger partial charge in [0.1, 0.15) is 0 Å². The second-order valence-electron chi connectivity index (χ2n) is 2.74. The first kappa shape index (κ1) is 8.89. The number of hydrogen-bond acceptors (Lipinski definition) is 0. The fourth-order valence-electron chi connectivity index (χ4n) is 0.966. The van der Waals surface area contributed by atoms with Crippen molar-refractivity contribution in [3.63, 3.8) is 0 Å². The van der Waals surface area contributed by atoms with Gasteiger partial charge in [0.05, 0.1) is 0 Å². The lowest BCUT2D eigenvalue weighted by atomic mass is 10.1. The van der Waals surface area contributed by atoms with Gasteiger partial charge < -0.3 is 0 Å². The van der Waals surface area contributed by atoms with E-state index in [1.165, 1.54) is 0 Å². The molecule has 0 heterocycles. The van der Waals surface area contributed by atoms with Crippen LogP contribution in [0, 0.1) is 20.8 Å². The minimum absolute atomic E-state index is 0.748. The largest absolute Gasteiger partial charge is 0.0840 e. The summed E-state index contributed by atoms with van der Waals surface area (Å²) >= 11 is 11.9. The van der Waals surface area contributed by atoms with Crippen molar-refractivity contribution in [2.75, 3.05) is 0 Å². The van der Waals surface area contributed by atoms with Crippen LogP contribution in [0.2, 0.25) is 10.0 Å². The summed E-state index contributed by atoms with van der Waals surface area (Å²) < 4.78 is 0. The van der Waals surface area contributed by atoms with E-state index in [-0.39, 0.29) is 0 Å². The summed E-state index contributed by atoms with van der Waals surface area (Å²) in [5, 5.41) is 1.54. The summed E-state index contributed by atoms with van der Waals surface area (Å²) in [7, 11) is 0. The molecule has 1 aromatic rings. The maximum Gasteiger partial charge on any atom is 0.0481 e. The molecule has 0 saturated heterocycles. The number of halogens is 2. The van der Waals surface area contributed by atoms with Crippen LogP contribution in [0.5, 0.6) is 0 Å². The molecule has 0 aliphatic carbocycles. The van der Waals surface area contributed by atoms with Crippen LogP contribution in [-0.2, 0) is 0 Å². The molecule has 0 fully saturated rings. The van der Waals surface area contributed by atoms with Crippen LogP contribution in [0.1, 0.15) is 16.7 Å². The lowest BCUT2D eigenvalue weighted by Gasteiger charge is -2.07. The van der Waals surface area contributed by atoms with Gasteiger partial charge in [0, 0.05) is 10.0 Å². The molecule has 2 heteroatoms. The topological polar surface area (TPSA) is 0 Å². The third-order valence-corrected chi connectivity index (χ3v) is 2.91. The van der Waals surface area contributed by atoms with Crippen molar-refractivity contribution in [1.29, 1.82) is 0 Å². The lowest BCUT2D eigenvalue weighted by Crippen LogP contribution is -1.86. The van der Waals surface area contributed by atoms with E-state index < -0.39 is 0 Å². The first-order chi connectivity index (χ1) is 5.04. The molecule has 60 valence electrons. The molecule has 0 N–H and O–H groups in total. The fourth-order valence-corrected chi connectivity index (χ4v) is 1.52. The Bertz CT molecular complexity index is 264. The Morgan fingerprint density at radius 3 is 2.09 bits per heavy atom. The van der Waals surface area contributed by atoms with Gasteiger partial charge in [-0.3, -0.25) is 0 Å². The molecule has 0 aliphatic rings. The van der Waals surface area contributed by atoms with E-state index in [1.54, 1.807) is 0 Å². The predicted octanol–water partition coefficient (Wildman–Crippen LogP) is 3.92. The Kier molecular flexibility index (Phi) is 2.46. The molecule has 0 atom stereocenters. The van der Waals surface area contributed by atoms with Crippen molar-refractivity contribution >= 4 is 23.2 Å². The van der Waals surface area contributed by atoms with E-state index in [4.69, 9.17) is 23.2 Å². The number of aryl methyl sites for hydroxylation is 1. The average molecular weight is 189 g/mol. The van der Waals surface area contributed by atoms with E-state index in [2.05, 4.69) is 0 Å². The minimum Gasteiger partial charge on any atom is -0.0840 e. The Hall–Kier alpha value is -0.200. The fraction of sp³-hybridized carbons (Fsp3) is 0.333. The zero-order valence-electron chi connectivity index (χ0n) is 6.83. The zero-order chi connectivity index (χ0) is 8.59. The smallest absolute Gasteiger partial charge is 0.0481 e. The summed E-state index contributed by atoms with van der Waals surface area (Å²) in [5.41, 5.74) is 3.23. The number of hydrogen-bond donors (Lipinski definition) is 0. The summed E-state index contributed by atoms with van der Waals surface area (Å²) in [6, 6.07) is 1.94. The van der Waals surface area contributed by atoms with Crippen LogP contribution in [-0.4, -0.2) is 0 Å². The average Bonchev–Trinajstić information content (AvgIpc) is 1.97. The first-order valence-corrected chi connectivity index (χ1v) is 4.21. The van der Waals surface area contributed by atoms with Crippen molar-refractivity contribution in [1.82, 2.24) is 0 Å². The van der Waals surface area contributed by atoms with Crippen molar-refractivity contribution < 1.29 is 0 Å². The second-order valence-corrected chi connectivity index (χ2v) is 3.52. The Morgan fingerprint density at radius 2 is 1.55 bits per heavy atom. The Morgan fingerprint density at radius 1 is 1.00 bits per heavy atom. The van der Waals surface area contributed by atoms with Gasteiger partial charge in [-0.1, -0.05) is 23.2 Å². The third-order valence-electron chi connectivity index (χ3n) is 1.95. The Balaban J connectivity index is 3.46. The lowest BCUT2D eigenvalue weighted by molar-refractivity contribution is 1.30. The van der Waals surface area contributed by atoms with Crippen molar-refractivity contribution in [3.8, 4) is 0 Å². The van der Waals surface area contributed by atoms with Gasteiger partial charge in [0.25, 0.3) is 0 Å². The molecule has 11 heavy (non-hydrogen) atoms. The Labute approximate surface area is 77.1 Å². The molecule has 0 unspecified atom stereocenters. The molecule has 0 saturated carbocycles. The van der Waals surface area contributed by atoms with Crippen LogP contribution in [0.4, 0.5) is 0 Å². The highest BCUT2D eigenvalue weighted by Crippen LogP contribution is 2.29. The highest BCUT2D eigenvalue weighted by molar-refractivity contribution is 6.36. The van der Waals surface area contributed by atoms with Crippen LogP contribution in [0.25, 0.3) is 0 Å². The predicted molar refractivity (Wildman–Crippen MR) is 50.7 cm³/mol. The maximum absolute atomic E-state index is 6.00. The molecular formula is C9H10Cl2. The second kappa shape index (κ2) is 3.04.